The number of imidazole rings is 1. The van der Waals surface area contributed by atoms with Crippen LogP contribution < -0.4 is 19.5 Å². The summed E-state index contributed by atoms with van der Waals surface area (Å²) in [6.45, 7) is 5.19. The number of phosphoric ester groups is 2. The van der Waals surface area contributed by atoms with Crippen LogP contribution in [0.25, 0.3) is 11.2 Å². The van der Waals surface area contributed by atoms with Gasteiger partial charge < -0.3 is 33.7 Å². The minimum atomic E-state index is -4.52. The molecule has 0 spiro atoms. The third-order valence-electron chi connectivity index (χ3n) is 8.89. The molecule has 2 N–H and O–H groups in total. The Bertz CT molecular complexity index is 2120. The number of aliphatic imine (C=N–C) groups is 2. The molecule has 7 rings (SSSR count). The largest absolute Gasteiger partial charge is 0.530 e. The molecule has 3 unspecified atom stereocenters. The van der Waals surface area contributed by atoms with Gasteiger partial charge in [-0.25, -0.2) is 22.9 Å². The molecule has 55 heavy (non-hydrogen) atoms. The lowest BCUT2D eigenvalue weighted by Gasteiger charge is -2.34. The highest BCUT2D eigenvalue weighted by atomic mass is 31.2. The smallest absolute Gasteiger partial charge is 0.480 e. The van der Waals surface area contributed by atoms with Crippen LogP contribution in [0, 0.1) is 0 Å². The number of fused-ring (bicyclic) bond motifs is 3. The Labute approximate surface area is 311 Å². The lowest BCUT2D eigenvalue weighted by molar-refractivity contribution is -0.117. The molecule has 4 aliphatic rings. The van der Waals surface area contributed by atoms with Crippen LogP contribution in [0.2, 0.25) is 0 Å². The second-order valence-corrected chi connectivity index (χ2v) is 16.0. The molecule has 0 bridgehead atoms. The van der Waals surface area contributed by atoms with Crippen molar-refractivity contribution in [1.29, 1.82) is 0 Å². The molecule has 6 heterocycles. The topological polar surface area (TPSA) is 238 Å². The van der Waals surface area contributed by atoms with Gasteiger partial charge in [0.25, 0.3) is 0 Å². The number of alkyl halides is 2. The van der Waals surface area contributed by atoms with E-state index in [9.17, 15) is 13.9 Å². The average molecular weight is 816 g/mol. The van der Waals surface area contributed by atoms with E-state index in [0.717, 1.165) is 13.1 Å². The first-order chi connectivity index (χ1) is 26.1. The molecule has 0 saturated carbocycles. The molecule has 4 aliphatic heterocycles. The predicted molar refractivity (Wildman–Crippen MR) is 185 cm³/mol. The fraction of sp³-hybridized carbons (Fsp3) is 0.548. The van der Waals surface area contributed by atoms with Crippen LogP contribution >= 0.6 is 15.6 Å². The third kappa shape index (κ3) is 7.57. The maximum Gasteiger partial charge on any atom is 0.530 e. The zero-order valence-corrected chi connectivity index (χ0v) is 31.8. The van der Waals surface area contributed by atoms with E-state index in [1.807, 2.05) is 0 Å². The number of ether oxygens (including phenoxy) is 4. The van der Waals surface area contributed by atoms with Gasteiger partial charge >= 0.3 is 15.6 Å². The summed E-state index contributed by atoms with van der Waals surface area (Å²) in [4.78, 5) is 31.9. The molecule has 298 valence electrons. The highest BCUT2D eigenvalue weighted by molar-refractivity contribution is 7.49. The minimum absolute atomic E-state index is 0.109. The van der Waals surface area contributed by atoms with E-state index in [0.29, 0.717) is 0 Å². The van der Waals surface area contributed by atoms with Crippen LogP contribution in [0.15, 0.2) is 40.6 Å². The number of nitrogens with zero attached hydrogens (tertiary/aromatic N) is 6. The molecule has 20 nitrogen and oxygen atoms in total. The lowest BCUT2D eigenvalue weighted by atomic mass is 9.98. The Kier molecular flexibility index (Phi) is 10.5. The molecule has 10 atom stereocenters. The molecule has 24 heteroatoms. The number of amides is 1. The third-order valence-corrected chi connectivity index (χ3v) is 11.7. The average Bonchev–Trinajstić information content (AvgIpc) is 3.74. The van der Waals surface area contributed by atoms with Crippen LogP contribution in [0.1, 0.15) is 40.3 Å². The number of phosphoric acid groups is 2. The van der Waals surface area contributed by atoms with Gasteiger partial charge in [0.05, 0.1) is 39.5 Å². The molecule has 1 amide bonds. The quantitative estimate of drug-likeness (QED) is 0.169. The normalized spacial score (nSPS) is 36.1. The van der Waals surface area contributed by atoms with E-state index in [1.165, 1.54) is 49.2 Å². The molecular formula is C31H37F2N7O13P2. The zero-order valence-electron chi connectivity index (χ0n) is 30.0. The zero-order chi connectivity index (χ0) is 39.3. The van der Waals surface area contributed by atoms with E-state index in [-0.39, 0.29) is 60.0 Å². The Morgan fingerprint density at radius 2 is 1.67 bits per heavy atom. The Morgan fingerprint density at radius 1 is 1.04 bits per heavy atom. The number of hydrogen-bond acceptors (Lipinski definition) is 18. The van der Waals surface area contributed by atoms with Gasteiger partial charge in [-0.15, -0.1) is 0 Å². The van der Waals surface area contributed by atoms with E-state index in [1.54, 1.807) is 13.8 Å². The van der Waals surface area contributed by atoms with E-state index >= 15 is 8.78 Å². The number of aromatic nitrogens is 4. The van der Waals surface area contributed by atoms with Crippen molar-refractivity contribution in [3.8, 4) is 17.4 Å². The summed E-state index contributed by atoms with van der Waals surface area (Å²) < 4.78 is 117. The summed E-state index contributed by atoms with van der Waals surface area (Å²) in [6, 6.07) is 5.28. The first-order valence-corrected chi connectivity index (χ1v) is 19.9. The van der Waals surface area contributed by atoms with Gasteiger partial charge in [0, 0.05) is 12.5 Å². The van der Waals surface area contributed by atoms with Crippen molar-refractivity contribution in [2.75, 3.05) is 32.7 Å². The van der Waals surface area contributed by atoms with Crippen molar-refractivity contribution in [2.45, 2.75) is 82.3 Å². The Balaban J connectivity index is 1.02. The number of hydrogen-bond donors (Lipinski definition) is 1. The van der Waals surface area contributed by atoms with Crippen molar-refractivity contribution in [3.05, 3.63) is 30.6 Å². The number of halogens is 2. The molecule has 2 aromatic heterocycles. The lowest BCUT2D eigenvalue weighted by Crippen LogP contribution is -2.45. The summed E-state index contributed by atoms with van der Waals surface area (Å²) in [6.07, 6.45) is -5.34. The maximum atomic E-state index is 16.6. The van der Waals surface area contributed by atoms with Gasteiger partial charge in [-0.3, -0.25) is 32.4 Å². The number of carbonyl (C=O) groups excluding carboxylic acids is 1. The number of anilines is 1. The standard InChI is InChI=1S/C31H37F2N7O13P2/c1-6-20(41)37-21(44-5)12-35-27-30(3,32)23-18(48-27)13-46-54(42,52-23)50-16-9-8-10-17(11-16)51-55(43)47-14-19-24(53-55)31(4,33)28(49-19)40-15-36-22-25(40)38-29(34)39-26(22)45-7-2/h8-12,15,18-19,23-24,27-28H,6-7,13-14H2,1-5H3,(H2,34,38,39)/t18-,19-,23-,24-,27-,28?,30-,31-,54?,55?/m1/s1. The first kappa shape index (κ1) is 39.1. The van der Waals surface area contributed by atoms with Crippen molar-refractivity contribution in [2.24, 2.45) is 9.98 Å². The van der Waals surface area contributed by atoms with Crippen LogP contribution in [0.4, 0.5) is 14.7 Å². The van der Waals surface area contributed by atoms with Gasteiger partial charge in [0.2, 0.25) is 23.6 Å². The number of nitrogen functional groups attached to an aromatic ring is 1. The van der Waals surface area contributed by atoms with Crippen LogP contribution in [0.5, 0.6) is 17.4 Å². The molecule has 0 aliphatic carbocycles. The maximum absolute atomic E-state index is 16.6. The Morgan fingerprint density at radius 3 is 2.29 bits per heavy atom. The molecular weight excluding hydrogens is 778 g/mol. The van der Waals surface area contributed by atoms with Crippen LogP contribution in [-0.2, 0) is 46.2 Å². The van der Waals surface area contributed by atoms with Crippen molar-refractivity contribution < 1.29 is 68.8 Å². The van der Waals surface area contributed by atoms with E-state index in [2.05, 4.69) is 24.9 Å². The van der Waals surface area contributed by atoms with Gasteiger partial charge in [-0.1, -0.05) is 13.0 Å². The van der Waals surface area contributed by atoms with Gasteiger partial charge in [-0.05, 0) is 32.9 Å². The van der Waals surface area contributed by atoms with Crippen molar-refractivity contribution in [3.63, 3.8) is 0 Å². The number of nitrogens with two attached hydrogens (primary N) is 1. The van der Waals surface area contributed by atoms with Crippen LogP contribution in [-0.4, -0.2) is 106 Å². The van der Waals surface area contributed by atoms with Gasteiger partial charge in [-0.2, -0.15) is 15.0 Å². The second kappa shape index (κ2) is 14.7. The minimum Gasteiger partial charge on any atom is -0.480 e. The highest BCUT2D eigenvalue weighted by Crippen LogP contribution is 2.61. The summed E-state index contributed by atoms with van der Waals surface area (Å²) in [5, 5.41) is 0. The monoisotopic (exact) mass is 815 g/mol. The summed E-state index contributed by atoms with van der Waals surface area (Å²) >= 11 is 0. The number of carbonyl (C=O) groups is 1. The predicted octanol–water partition coefficient (Wildman–Crippen LogP) is 4.44. The van der Waals surface area contributed by atoms with Gasteiger partial charge in [0.1, 0.15) is 35.9 Å². The second-order valence-electron chi connectivity index (χ2n) is 12.9. The van der Waals surface area contributed by atoms with Crippen molar-refractivity contribution >= 4 is 50.8 Å². The van der Waals surface area contributed by atoms with Crippen molar-refractivity contribution in [1.82, 2.24) is 19.5 Å². The van der Waals surface area contributed by atoms with Crippen LogP contribution in [0.3, 0.4) is 0 Å². The van der Waals surface area contributed by atoms with E-state index < -0.39 is 76.4 Å². The first-order valence-electron chi connectivity index (χ1n) is 16.9. The molecule has 4 saturated heterocycles. The number of benzene rings is 1. The fourth-order valence-electron chi connectivity index (χ4n) is 6.25. The molecule has 0 radical (unpaired) electrons. The Hall–Kier alpha value is -4.14. The highest BCUT2D eigenvalue weighted by Gasteiger charge is 2.63. The molecule has 3 aromatic rings. The van der Waals surface area contributed by atoms with Gasteiger partial charge in [0.15, 0.2) is 35.0 Å². The summed E-state index contributed by atoms with van der Waals surface area (Å²) in [7, 11) is -7.75. The molecule has 4 fully saturated rings. The number of methoxy groups -OCH3 is 1. The summed E-state index contributed by atoms with van der Waals surface area (Å²) in [5.41, 5.74) is 1.55. The summed E-state index contributed by atoms with van der Waals surface area (Å²) in [5.74, 6) is -0.976. The fourth-order valence-corrected chi connectivity index (χ4v) is 9.20. The number of rotatable bonds is 10. The molecule has 1 aromatic carbocycles. The van der Waals surface area contributed by atoms with E-state index in [4.69, 9.17) is 51.8 Å². The SMILES string of the molecule is CCOc1nc(N)nc2c1ncn2C1O[C@@H]2COP(=O)(Oc3cccc(OP4(=O)OC[C@H]5O[C@@H](N=CC(=NC(=O)CC)OC)[C@](C)(F)[C@@H]5O4)c3)O[C@H]2[C@@]1(C)F.